The van der Waals surface area contributed by atoms with Crippen LogP contribution in [0.5, 0.6) is 11.5 Å². The summed E-state index contributed by atoms with van der Waals surface area (Å²) in [5, 5.41) is 22.1. The van der Waals surface area contributed by atoms with E-state index in [4.69, 9.17) is 14.3 Å². The van der Waals surface area contributed by atoms with Crippen LogP contribution in [0.1, 0.15) is 42.6 Å². The van der Waals surface area contributed by atoms with E-state index in [1.807, 2.05) is 0 Å². The molecule has 1 saturated carbocycles. The van der Waals surface area contributed by atoms with Crippen molar-refractivity contribution in [1.82, 2.24) is 9.97 Å². The molecule has 2 heterocycles. The quantitative estimate of drug-likeness (QED) is 0.546. The standard InChI is InChI=1S/C21H23N3O5/c25-12-18(13-4-2-1-3-5-13)24-21-23-16-7-6-14(11-19(16)29-21)28-15-8-9-22-17(10-15)20(26)27/h6-11,13,18,25H,1-5,12H2,(H,23,24)(H,26,27)/t18-/m1/s1. The van der Waals surface area contributed by atoms with Crippen molar-refractivity contribution in [2.75, 3.05) is 11.9 Å². The number of oxazole rings is 1. The van der Waals surface area contributed by atoms with Gasteiger partial charge in [-0.1, -0.05) is 19.3 Å². The van der Waals surface area contributed by atoms with Crippen LogP contribution in [0.2, 0.25) is 0 Å². The van der Waals surface area contributed by atoms with Crippen LogP contribution in [-0.2, 0) is 0 Å². The van der Waals surface area contributed by atoms with Crippen LogP contribution in [-0.4, -0.2) is 38.8 Å². The van der Waals surface area contributed by atoms with Gasteiger partial charge in [0.25, 0.3) is 6.01 Å². The summed E-state index contributed by atoms with van der Waals surface area (Å²) in [6, 6.07) is 8.44. The van der Waals surface area contributed by atoms with Crippen molar-refractivity contribution in [2.45, 2.75) is 38.1 Å². The fourth-order valence-electron chi connectivity index (χ4n) is 3.77. The molecule has 29 heavy (non-hydrogen) atoms. The number of rotatable bonds is 7. The molecule has 1 fully saturated rings. The van der Waals surface area contributed by atoms with Gasteiger partial charge in [0, 0.05) is 18.3 Å². The molecule has 3 N–H and O–H groups in total. The zero-order chi connectivity index (χ0) is 20.2. The first-order chi connectivity index (χ1) is 14.1. The average Bonchev–Trinajstić information content (AvgIpc) is 3.14. The number of carbonyl (C=O) groups is 1. The Bertz CT molecular complexity index is 997. The van der Waals surface area contributed by atoms with Crippen LogP contribution in [0.4, 0.5) is 6.01 Å². The predicted molar refractivity (Wildman–Crippen MR) is 106 cm³/mol. The smallest absolute Gasteiger partial charge is 0.354 e. The number of anilines is 1. The molecule has 152 valence electrons. The summed E-state index contributed by atoms with van der Waals surface area (Å²) in [6.45, 7) is 0.0334. The summed E-state index contributed by atoms with van der Waals surface area (Å²) in [6.07, 6.45) is 7.21. The summed E-state index contributed by atoms with van der Waals surface area (Å²) in [7, 11) is 0. The number of aliphatic hydroxyl groups is 1. The van der Waals surface area contributed by atoms with Crippen LogP contribution >= 0.6 is 0 Å². The molecule has 0 amide bonds. The molecule has 8 heteroatoms. The normalized spacial score (nSPS) is 15.9. The molecule has 1 aliphatic carbocycles. The van der Waals surface area contributed by atoms with E-state index in [9.17, 15) is 9.90 Å². The number of carboxylic acids is 1. The minimum Gasteiger partial charge on any atom is -0.477 e. The highest BCUT2D eigenvalue weighted by atomic mass is 16.5. The number of pyridine rings is 1. The van der Waals surface area contributed by atoms with E-state index in [2.05, 4.69) is 15.3 Å². The Kier molecular flexibility index (Phi) is 5.62. The van der Waals surface area contributed by atoms with E-state index in [-0.39, 0.29) is 18.3 Å². The van der Waals surface area contributed by atoms with Gasteiger partial charge >= 0.3 is 5.97 Å². The number of hydrogen-bond donors (Lipinski definition) is 3. The van der Waals surface area contributed by atoms with Gasteiger partial charge < -0.3 is 24.7 Å². The molecule has 0 unspecified atom stereocenters. The van der Waals surface area contributed by atoms with E-state index in [0.29, 0.717) is 34.5 Å². The van der Waals surface area contributed by atoms with Gasteiger partial charge in [-0.25, -0.2) is 9.78 Å². The van der Waals surface area contributed by atoms with Gasteiger partial charge in [0.15, 0.2) is 11.3 Å². The lowest BCUT2D eigenvalue weighted by Crippen LogP contribution is -2.34. The van der Waals surface area contributed by atoms with Crippen LogP contribution in [0, 0.1) is 5.92 Å². The SMILES string of the molecule is O=C(O)c1cc(Oc2ccc3nc(N[C@H](CO)C4CCCCC4)oc3c2)ccn1. The fourth-order valence-corrected chi connectivity index (χ4v) is 3.77. The van der Waals surface area contributed by atoms with Crippen LogP contribution in [0.3, 0.4) is 0 Å². The van der Waals surface area contributed by atoms with Gasteiger partial charge in [0.1, 0.15) is 17.0 Å². The molecule has 8 nitrogen and oxygen atoms in total. The molecule has 1 aliphatic rings. The van der Waals surface area contributed by atoms with Gasteiger partial charge in [-0.3, -0.25) is 0 Å². The van der Waals surface area contributed by atoms with Crippen molar-refractivity contribution in [3.63, 3.8) is 0 Å². The first-order valence-electron chi connectivity index (χ1n) is 9.77. The number of hydrogen-bond acceptors (Lipinski definition) is 7. The third kappa shape index (κ3) is 4.48. The lowest BCUT2D eigenvalue weighted by Gasteiger charge is -2.29. The molecule has 0 spiro atoms. The molecule has 3 aromatic rings. The summed E-state index contributed by atoms with van der Waals surface area (Å²) in [5.41, 5.74) is 1.12. The number of aliphatic hydroxyl groups excluding tert-OH is 1. The van der Waals surface area contributed by atoms with Crippen molar-refractivity contribution in [3.05, 3.63) is 42.2 Å². The topological polar surface area (TPSA) is 118 Å². The Labute approximate surface area is 167 Å². The third-order valence-corrected chi connectivity index (χ3v) is 5.27. The Morgan fingerprint density at radius 1 is 1.21 bits per heavy atom. The van der Waals surface area contributed by atoms with Gasteiger partial charge in [-0.05, 0) is 37.0 Å². The van der Waals surface area contributed by atoms with Gasteiger partial charge in [0.05, 0.1) is 12.6 Å². The zero-order valence-corrected chi connectivity index (χ0v) is 15.9. The number of ether oxygens (including phenoxy) is 1. The molecule has 1 atom stereocenters. The van der Waals surface area contributed by atoms with Crippen molar-refractivity contribution >= 4 is 23.1 Å². The van der Waals surface area contributed by atoms with E-state index < -0.39 is 5.97 Å². The summed E-state index contributed by atoms with van der Waals surface area (Å²) in [5.74, 6) is 0.159. The first-order valence-corrected chi connectivity index (χ1v) is 9.77. The largest absolute Gasteiger partial charge is 0.477 e. The zero-order valence-electron chi connectivity index (χ0n) is 15.9. The molecule has 0 saturated heterocycles. The number of fused-ring (bicyclic) bond motifs is 1. The second kappa shape index (κ2) is 8.48. The minimum atomic E-state index is -1.12. The monoisotopic (exact) mass is 397 g/mol. The molecule has 0 aliphatic heterocycles. The first kappa shape index (κ1) is 19.2. The highest BCUT2D eigenvalue weighted by Gasteiger charge is 2.24. The summed E-state index contributed by atoms with van der Waals surface area (Å²) in [4.78, 5) is 19.3. The van der Waals surface area contributed by atoms with Crippen molar-refractivity contribution in [1.29, 1.82) is 0 Å². The Hall–Kier alpha value is -3.13. The summed E-state index contributed by atoms with van der Waals surface area (Å²) >= 11 is 0. The second-order valence-corrected chi connectivity index (χ2v) is 7.26. The van der Waals surface area contributed by atoms with E-state index in [1.165, 1.54) is 31.5 Å². The Morgan fingerprint density at radius 2 is 2.00 bits per heavy atom. The molecule has 1 aromatic carbocycles. The number of aromatic nitrogens is 2. The molecule has 0 bridgehead atoms. The number of nitrogens with zero attached hydrogens (tertiary/aromatic N) is 2. The maximum Gasteiger partial charge on any atom is 0.354 e. The molecule has 4 rings (SSSR count). The maximum atomic E-state index is 11.0. The highest BCUT2D eigenvalue weighted by molar-refractivity contribution is 5.85. The number of nitrogens with one attached hydrogen (secondary N) is 1. The predicted octanol–water partition coefficient (Wildman–Crippen LogP) is 4.07. The van der Waals surface area contributed by atoms with E-state index >= 15 is 0 Å². The van der Waals surface area contributed by atoms with Crippen LogP contribution in [0.15, 0.2) is 40.9 Å². The van der Waals surface area contributed by atoms with Crippen LogP contribution < -0.4 is 10.1 Å². The number of carboxylic acid groups (broad SMARTS) is 1. The van der Waals surface area contributed by atoms with E-state index in [0.717, 1.165) is 12.8 Å². The van der Waals surface area contributed by atoms with Gasteiger partial charge in [-0.15, -0.1) is 0 Å². The molecule has 0 radical (unpaired) electrons. The lowest BCUT2D eigenvalue weighted by molar-refractivity contribution is 0.0690. The maximum absolute atomic E-state index is 11.0. The molecular weight excluding hydrogens is 374 g/mol. The third-order valence-electron chi connectivity index (χ3n) is 5.27. The lowest BCUT2D eigenvalue weighted by atomic mass is 9.84. The Balaban J connectivity index is 1.50. The number of benzene rings is 1. The fraction of sp³-hybridized carbons (Fsp3) is 0.381. The van der Waals surface area contributed by atoms with Crippen molar-refractivity contribution in [3.8, 4) is 11.5 Å². The highest BCUT2D eigenvalue weighted by Crippen LogP contribution is 2.30. The summed E-state index contributed by atoms with van der Waals surface area (Å²) < 4.78 is 11.5. The average molecular weight is 397 g/mol. The van der Waals surface area contributed by atoms with Gasteiger partial charge in [-0.2, -0.15) is 4.98 Å². The van der Waals surface area contributed by atoms with E-state index in [1.54, 1.807) is 24.3 Å². The number of aromatic carboxylic acids is 1. The van der Waals surface area contributed by atoms with Crippen LogP contribution in [0.25, 0.3) is 11.1 Å². The molecule has 2 aromatic heterocycles. The minimum absolute atomic E-state index is 0.0334. The second-order valence-electron chi connectivity index (χ2n) is 7.26. The van der Waals surface area contributed by atoms with Crippen molar-refractivity contribution in [2.24, 2.45) is 5.92 Å². The van der Waals surface area contributed by atoms with Gasteiger partial charge in [0.2, 0.25) is 0 Å². The Morgan fingerprint density at radius 3 is 2.76 bits per heavy atom. The van der Waals surface area contributed by atoms with Crippen molar-refractivity contribution < 1.29 is 24.2 Å². The molecular formula is C21H23N3O5.